The predicted molar refractivity (Wildman–Crippen MR) is 123 cm³/mol. The average molecular weight is 438 g/mol. The Morgan fingerprint density at radius 2 is 1.87 bits per heavy atom. The van der Waals surface area contributed by atoms with Gasteiger partial charge < -0.3 is 14.8 Å². The van der Waals surface area contributed by atoms with Crippen LogP contribution in [0.25, 0.3) is 11.4 Å². The van der Waals surface area contributed by atoms with E-state index in [-0.39, 0.29) is 17.6 Å². The second-order valence-corrected chi connectivity index (χ2v) is 8.18. The highest BCUT2D eigenvalue weighted by Gasteiger charge is 2.16. The molecule has 0 spiro atoms. The molecule has 8 heteroatoms. The van der Waals surface area contributed by atoms with Gasteiger partial charge >= 0.3 is 0 Å². The van der Waals surface area contributed by atoms with Gasteiger partial charge in [0, 0.05) is 38.3 Å². The number of hydrogen-bond acceptors (Lipinski definition) is 5. The summed E-state index contributed by atoms with van der Waals surface area (Å²) in [6.07, 6.45) is 0. The monoisotopic (exact) mass is 437 g/mol. The Bertz CT molecular complexity index is 1060. The fourth-order valence-corrected chi connectivity index (χ4v) is 4.13. The molecule has 2 aromatic carbocycles. The third-order valence-electron chi connectivity index (χ3n) is 4.92. The maximum atomic E-state index is 12.6. The lowest BCUT2D eigenvalue weighted by Crippen LogP contribution is -2.28. The highest BCUT2D eigenvalue weighted by atomic mass is 32.2. The van der Waals surface area contributed by atoms with Crippen LogP contribution in [0.15, 0.2) is 53.7 Å². The van der Waals surface area contributed by atoms with Crippen LogP contribution in [0.4, 0.5) is 0 Å². The van der Waals surface area contributed by atoms with Crippen LogP contribution in [0.5, 0.6) is 0 Å². The van der Waals surface area contributed by atoms with Gasteiger partial charge in [0.15, 0.2) is 11.0 Å². The summed E-state index contributed by atoms with van der Waals surface area (Å²) in [7, 11) is 3.38. The topological polar surface area (TPSA) is 80.1 Å². The molecule has 0 unspecified atom stereocenters. The first kappa shape index (κ1) is 22.6. The maximum absolute atomic E-state index is 12.6. The van der Waals surface area contributed by atoms with Crippen LogP contribution in [0, 0.1) is 6.92 Å². The molecule has 0 bridgehead atoms. The minimum atomic E-state index is -0.127. The number of carbonyl (C=O) groups is 2. The molecule has 0 aliphatic carbocycles. The molecule has 0 aliphatic rings. The Morgan fingerprint density at radius 3 is 2.52 bits per heavy atom. The van der Waals surface area contributed by atoms with Crippen molar-refractivity contribution in [2.24, 2.45) is 0 Å². The van der Waals surface area contributed by atoms with E-state index in [9.17, 15) is 9.59 Å². The molecule has 162 valence electrons. The number of rotatable bonds is 8. The molecule has 0 saturated heterocycles. The second-order valence-electron chi connectivity index (χ2n) is 7.23. The third-order valence-corrected chi connectivity index (χ3v) is 5.87. The lowest BCUT2D eigenvalue weighted by molar-refractivity contribution is -0.127. The van der Waals surface area contributed by atoms with Gasteiger partial charge in [0.25, 0.3) is 5.91 Å². The van der Waals surface area contributed by atoms with Crippen molar-refractivity contribution in [2.75, 3.05) is 19.8 Å². The van der Waals surface area contributed by atoms with Gasteiger partial charge in [0.1, 0.15) is 0 Å². The quantitative estimate of drug-likeness (QED) is 0.547. The Morgan fingerprint density at radius 1 is 1.13 bits per heavy atom. The summed E-state index contributed by atoms with van der Waals surface area (Å²) in [6, 6.07) is 15.4. The van der Waals surface area contributed by atoms with E-state index in [0.29, 0.717) is 12.1 Å². The van der Waals surface area contributed by atoms with Gasteiger partial charge in [-0.3, -0.25) is 9.59 Å². The van der Waals surface area contributed by atoms with Crippen molar-refractivity contribution < 1.29 is 9.59 Å². The highest BCUT2D eigenvalue weighted by Crippen LogP contribution is 2.24. The van der Waals surface area contributed by atoms with Gasteiger partial charge in [-0.2, -0.15) is 0 Å². The summed E-state index contributed by atoms with van der Waals surface area (Å²) in [5.41, 5.74) is 3.74. The van der Waals surface area contributed by atoms with E-state index in [2.05, 4.69) is 21.6 Å². The molecule has 1 N–H and O–H groups in total. The minimum absolute atomic E-state index is 0.00290. The van der Waals surface area contributed by atoms with Crippen molar-refractivity contribution in [2.45, 2.75) is 32.1 Å². The van der Waals surface area contributed by atoms with Crippen LogP contribution in [-0.2, 0) is 17.9 Å². The predicted octanol–water partition coefficient (Wildman–Crippen LogP) is 3.38. The number of thioether (sulfide) groups is 1. The zero-order valence-electron chi connectivity index (χ0n) is 18.3. The van der Waals surface area contributed by atoms with E-state index in [4.69, 9.17) is 0 Å². The SMILES string of the molecule is CCn1c(SCC(=O)N(C)Cc2ccc(C(=O)NC)cc2)nnc1-c1cccc(C)c1. The molecule has 3 rings (SSSR count). The molecule has 0 aliphatic heterocycles. The minimum Gasteiger partial charge on any atom is -0.355 e. The fourth-order valence-electron chi connectivity index (χ4n) is 3.18. The van der Waals surface area contributed by atoms with Gasteiger partial charge in [-0.05, 0) is 37.6 Å². The van der Waals surface area contributed by atoms with E-state index >= 15 is 0 Å². The standard InChI is InChI=1S/C23H27N5O2S/c1-5-28-21(19-8-6-7-16(2)13-19)25-26-23(28)31-15-20(29)27(4)14-17-9-11-18(12-10-17)22(30)24-3/h6-13H,5,14-15H2,1-4H3,(H,24,30). The van der Waals surface area contributed by atoms with Gasteiger partial charge in [-0.25, -0.2) is 0 Å². The van der Waals surface area contributed by atoms with Crippen LogP contribution in [0.1, 0.15) is 28.4 Å². The van der Waals surface area contributed by atoms with Crippen molar-refractivity contribution in [1.29, 1.82) is 0 Å². The van der Waals surface area contributed by atoms with E-state index < -0.39 is 0 Å². The van der Waals surface area contributed by atoms with Crippen molar-refractivity contribution in [3.8, 4) is 11.4 Å². The van der Waals surface area contributed by atoms with E-state index in [1.54, 1.807) is 31.1 Å². The molecule has 1 aromatic heterocycles. The van der Waals surface area contributed by atoms with Crippen molar-refractivity contribution >= 4 is 23.6 Å². The summed E-state index contributed by atoms with van der Waals surface area (Å²) in [5.74, 6) is 0.963. The zero-order chi connectivity index (χ0) is 22.4. The molecule has 0 fully saturated rings. The fraction of sp³-hybridized carbons (Fsp3) is 0.304. The first-order chi connectivity index (χ1) is 14.9. The van der Waals surface area contributed by atoms with Crippen LogP contribution >= 0.6 is 11.8 Å². The van der Waals surface area contributed by atoms with E-state index in [1.165, 1.54) is 11.8 Å². The Labute approximate surface area is 186 Å². The zero-order valence-corrected chi connectivity index (χ0v) is 19.1. The summed E-state index contributed by atoms with van der Waals surface area (Å²) in [4.78, 5) is 26.0. The molecule has 3 aromatic rings. The normalized spacial score (nSPS) is 10.7. The largest absolute Gasteiger partial charge is 0.355 e. The molecule has 0 radical (unpaired) electrons. The molecule has 1 heterocycles. The Kier molecular flexibility index (Phi) is 7.46. The second kappa shape index (κ2) is 10.3. The average Bonchev–Trinajstić information content (AvgIpc) is 3.20. The summed E-state index contributed by atoms with van der Waals surface area (Å²) in [5, 5.41) is 12.0. The smallest absolute Gasteiger partial charge is 0.251 e. The molecular weight excluding hydrogens is 410 g/mol. The van der Waals surface area contributed by atoms with Crippen molar-refractivity contribution in [3.05, 3.63) is 65.2 Å². The number of nitrogens with zero attached hydrogens (tertiary/aromatic N) is 4. The van der Waals surface area contributed by atoms with Crippen molar-refractivity contribution in [3.63, 3.8) is 0 Å². The Hall–Kier alpha value is -3.13. The van der Waals surface area contributed by atoms with Crippen LogP contribution in [0.3, 0.4) is 0 Å². The summed E-state index contributed by atoms with van der Waals surface area (Å²) >= 11 is 1.39. The highest BCUT2D eigenvalue weighted by molar-refractivity contribution is 7.99. The molecule has 31 heavy (non-hydrogen) atoms. The molecule has 0 saturated carbocycles. The number of amides is 2. The van der Waals surface area contributed by atoms with Crippen molar-refractivity contribution in [1.82, 2.24) is 25.0 Å². The van der Waals surface area contributed by atoms with Gasteiger partial charge in [0.2, 0.25) is 5.91 Å². The van der Waals surface area contributed by atoms with E-state index in [0.717, 1.165) is 34.2 Å². The Balaban J connectivity index is 1.62. The number of hydrogen-bond donors (Lipinski definition) is 1. The van der Waals surface area contributed by atoms with E-state index in [1.807, 2.05) is 48.7 Å². The lowest BCUT2D eigenvalue weighted by atomic mass is 10.1. The van der Waals surface area contributed by atoms with Crippen LogP contribution < -0.4 is 5.32 Å². The lowest BCUT2D eigenvalue weighted by Gasteiger charge is -2.17. The van der Waals surface area contributed by atoms with Gasteiger partial charge in [-0.15, -0.1) is 10.2 Å². The van der Waals surface area contributed by atoms with Gasteiger partial charge in [0.05, 0.1) is 5.75 Å². The number of benzene rings is 2. The maximum Gasteiger partial charge on any atom is 0.251 e. The molecule has 0 atom stereocenters. The summed E-state index contributed by atoms with van der Waals surface area (Å²) in [6.45, 7) is 5.29. The first-order valence-corrected chi connectivity index (χ1v) is 11.1. The van der Waals surface area contributed by atoms with Crippen LogP contribution in [0.2, 0.25) is 0 Å². The molecule has 7 nitrogen and oxygen atoms in total. The number of carbonyl (C=O) groups excluding carboxylic acids is 2. The molecular formula is C23H27N5O2S. The molecule has 2 amide bonds. The number of aryl methyl sites for hydroxylation is 1. The van der Waals surface area contributed by atoms with Gasteiger partial charge in [-0.1, -0.05) is 47.7 Å². The first-order valence-electron chi connectivity index (χ1n) is 10.1. The number of aromatic nitrogens is 3. The summed E-state index contributed by atoms with van der Waals surface area (Å²) < 4.78 is 2.03. The van der Waals surface area contributed by atoms with Crippen LogP contribution in [-0.4, -0.2) is 51.3 Å². The number of nitrogens with one attached hydrogen (secondary N) is 1. The third kappa shape index (κ3) is 5.52.